The number of nitrogens with one attached hydrogen (secondary N) is 1. The topological polar surface area (TPSA) is 116 Å². The first kappa shape index (κ1) is 16.7. The van der Waals surface area contributed by atoms with E-state index in [-0.39, 0.29) is 18.1 Å². The van der Waals surface area contributed by atoms with Crippen molar-refractivity contribution in [3.05, 3.63) is 63.1 Å². The average Bonchev–Trinajstić information content (AvgIpc) is 3.04. The molecule has 9 nitrogen and oxygen atoms in total. The molecule has 0 atom stereocenters. The molecule has 3 rings (SSSR count). The van der Waals surface area contributed by atoms with Gasteiger partial charge in [-0.3, -0.25) is 14.9 Å². The number of tetrazole rings is 1. The third-order valence-corrected chi connectivity index (χ3v) is 3.73. The second-order valence-electron chi connectivity index (χ2n) is 5.00. The number of nitrogens with zero attached hydrogens (tertiary/aromatic N) is 5. The van der Waals surface area contributed by atoms with Crippen molar-refractivity contribution >= 4 is 33.2 Å². The molecule has 0 unspecified atom stereocenters. The largest absolute Gasteiger partial charge is 0.324 e. The van der Waals surface area contributed by atoms with Gasteiger partial charge in [0.1, 0.15) is 6.54 Å². The maximum Gasteiger partial charge on any atom is 0.269 e. The van der Waals surface area contributed by atoms with E-state index in [0.29, 0.717) is 11.5 Å². The zero-order valence-corrected chi connectivity index (χ0v) is 14.3. The molecule has 0 bridgehead atoms. The molecule has 3 aromatic rings. The van der Waals surface area contributed by atoms with Crippen molar-refractivity contribution in [3.8, 4) is 11.4 Å². The van der Waals surface area contributed by atoms with Crippen LogP contribution in [0.1, 0.15) is 0 Å². The van der Waals surface area contributed by atoms with E-state index >= 15 is 0 Å². The fourth-order valence-corrected chi connectivity index (χ4v) is 2.28. The summed E-state index contributed by atoms with van der Waals surface area (Å²) < 4.78 is 0.936. The van der Waals surface area contributed by atoms with E-state index in [9.17, 15) is 14.9 Å². The Labute approximate surface area is 149 Å². The monoisotopic (exact) mass is 402 g/mol. The SMILES string of the molecule is O=C(Cn1nnc(-c2ccc(Br)cc2)n1)Nc1ccc([N+](=O)[O-])cc1. The smallest absolute Gasteiger partial charge is 0.269 e. The van der Waals surface area contributed by atoms with Crippen LogP contribution < -0.4 is 5.32 Å². The summed E-state index contributed by atoms with van der Waals surface area (Å²) in [5, 5.41) is 25.1. The van der Waals surface area contributed by atoms with Crippen LogP contribution in [0.4, 0.5) is 11.4 Å². The lowest BCUT2D eigenvalue weighted by Gasteiger charge is -2.03. The highest BCUT2D eigenvalue weighted by atomic mass is 79.9. The molecule has 1 amide bonds. The molecule has 1 heterocycles. The van der Waals surface area contributed by atoms with E-state index in [2.05, 4.69) is 36.7 Å². The molecule has 0 spiro atoms. The highest BCUT2D eigenvalue weighted by Gasteiger charge is 2.10. The van der Waals surface area contributed by atoms with Crippen LogP contribution in [-0.4, -0.2) is 31.0 Å². The molecule has 1 N–H and O–H groups in total. The van der Waals surface area contributed by atoms with Crippen LogP contribution in [0.2, 0.25) is 0 Å². The Balaban J connectivity index is 1.63. The van der Waals surface area contributed by atoms with Gasteiger partial charge in [0.2, 0.25) is 11.7 Å². The van der Waals surface area contributed by atoms with E-state index in [1.807, 2.05) is 24.3 Å². The van der Waals surface area contributed by atoms with Gasteiger partial charge in [0, 0.05) is 27.9 Å². The van der Waals surface area contributed by atoms with Crippen molar-refractivity contribution in [2.75, 3.05) is 5.32 Å². The minimum Gasteiger partial charge on any atom is -0.324 e. The summed E-state index contributed by atoms with van der Waals surface area (Å²) in [5.41, 5.74) is 1.18. The van der Waals surface area contributed by atoms with Crippen LogP contribution in [0, 0.1) is 10.1 Å². The molecule has 0 fully saturated rings. The first-order chi connectivity index (χ1) is 12.0. The zero-order chi connectivity index (χ0) is 17.8. The van der Waals surface area contributed by atoms with Crippen LogP contribution >= 0.6 is 15.9 Å². The average molecular weight is 403 g/mol. The maximum absolute atomic E-state index is 12.0. The second-order valence-corrected chi connectivity index (χ2v) is 5.92. The lowest BCUT2D eigenvalue weighted by Crippen LogP contribution is -2.20. The molecule has 25 heavy (non-hydrogen) atoms. The molecule has 0 radical (unpaired) electrons. The van der Waals surface area contributed by atoms with Crippen LogP contribution in [0.5, 0.6) is 0 Å². The normalized spacial score (nSPS) is 10.4. The Bertz CT molecular complexity index is 908. The fourth-order valence-electron chi connectivity index (χ4n) is 2.02. The van der Waals surface area contributed by atoms with E-state index in [1.54, 1.807) is 0 Å². The molecular formula is C15H11BrN6O3. The number of anilines is 1. The molecule has 0 aliphatic rings. The molecular weight excluding hydrogens is 392 g/mol. The Hall–Kier alpha value is -3.14. The van der Waals surface area contributed by atoms with Crippen LogP contribution in [0.3, 0.4) is 0 Å². The summed E-state index contributed by atoms with van der Waals surface area (Å²) >= 11 is 3.35. The van der Waals surface area contributed by atoms with Gasteiger partial charge >= 0.3 is 0 Å². The summed E-state index contributed by atoms with van der Waals surface area (Å²) in [6, 6.07) is 12.9. The fraction of sp³-hybridized carbons (Fsp3) is 0.0667. The zero-order valence-electron chi connectivity index (χ0n) is 12.7. The first-order valence-electron chi connectivity index (χ1n) is 7.09. The Morgan fingerprint density at radius 1 is 1.16 bits per heavy atom. The Kier molecular flexibility index (Phi) is 4.80. The second kappa shape index (κ2) is 7.18. The lowest BCUT2D eigenvalue weighted by molar-refractivity contribution is -0.384. The molecule has 0 aliphatic heterocycles. The summed E-state index contributed by atoms with van der Waals surface area (Å²) in [6.07, 6.45) is 0. The highest BCUT2D eigenvalue weighted by molar-refractivity contribution is 9.10. The van der Waals surface area contributed by atoms with Gasteiger partial charge in [-0.05, 0) is 41.6 Å². The van der Waals surface area contributed by atoms with Gasteiger partial charge in [-0.15, -0.1) is 10.2 Å². The van der Waals surface area contributed by atoms with Crippen molar-refractivity contribution in [1.29, 1.82) is 0 Å². The molecule has 1 aromatic heterocycles. The van der Waals surface area contributed by atoms with Gasteiger partial charge in [-0.1, -0.05) is 15.9 Å². The van der Waals surface area contributed by atoms with Gasteiger partial charge in [0.25, 0.3) is 5.69 Å². The molecule has 0 aliphatic carbocycles. The van der Waals surface area contributed by atoms with Gasteiger partial charge in [0.15, 0.2) is 0 Å². The molecule has 10 heteroatoms. The predicted octanol–water partition coefficient (Wildman–Crippen LogP) is 2.65. The number of rotatable bonds is 5. The molecule has 126 valence electrons. The number of non-ortho nitro benzene ring substituents is 1. The van der Waals surface area contributed by atoms with Crippen LogP contribution in [0.15, 0.2) is 53.0 Å². The molecule has 2 aromatic carbocycles. The Morgan fingerprint density at radius 3 is 2.48 bits per heavy atom. The predicted molar refractivity (Wildman–Crippen MR) is 92.7 cm³/mol. The third-order valence-electron chi connectivity index (χ3n) is 3.20. The first-order valence-corrected chi connectivity index (χ1v) is 7.88. The number of nitro benzene ring substituents is 1. The minimum atomic E-state index is -0.505. The van der Waals surface area contributed by atoms with Gasteiger partial charge in [-0.25, -0.2) is 0 Å². The van der Waals surface area contributed by atoms with Crippen molar-refractivity contribution in [2.24, 2.45) is 0 Å². The number of amides is 1. The van der Waals surface area contributed by atoms with Gasteiger partial charge in [-0.2, -0.15) is 4.80 Å². The Morgan fingerprint density at radius 2 is 1.84 bits per heavy atom. The quantitative estimate of drug-likeness (QED) is 0.517. The van der Waals surface area contributed by atoms with E-state index in [0.717, 1.165) is 10.0 Å². The van der Waals surface area contributed by atoms with Crippen molar-refractivity contribution < 1.29 is 9.72 Å². The summed E-state index contributed by atoms with van der Waals surface area (Å²) in [7, 11) is 0. The van der Waals surface area contributed by atoms with Gasteiger partial charge < -0.3 is 5.32 Å². The summed E-state index contributed by atoms with van der Waals surface area (Å²) in [6.45, 7) is -0.124. The lowest BCUT2D eigenvalue weighted by atomic mass is 10.2. The molecule has 0 saturated carbocycles. The standard InChI is InChI=1S/C15H11BrN6O3/c16-11-3-1-10(2-4-11)15-18-20-21(19-15)9-14(23)17-12-5-7-13(8-6-12)22(24)25/h1-8H,9H2,(H,17,23). The number of halogens is 1. The minimum absolute atomic E-state index is 0.0462. The number of benzene rings is 2. The van der Waals surface area contributed by atoms with E-state index in [4.69, 9.17) is 0 Å². The number of hydrogen-bond acceptors (Lipinski definition) is 6. The van der Waals surface area contributed by atoms with Gasteiger partial charge in [0.05, 0.1) is 4.92 Å². The van der Waals surface area contributed by atoms with Crippen LogP contribution in [0.25, 0.3) is 11.4 Å². The third kappa shape index (κ3) is 4.23. The molecule has 0 saturated heterocycles. The maximum atomic E-state index is 12.0. The number of aromatic nitrogens is 4. The number of nitro groups is 1. The van der Waals surface area contributed by atoms with Crippen LogP contribution in [-0.2, 0) is 11.3 Å². The highest BCUT2D eigenvalue weighted by Crippen LogP contribution is 2.18. The van der Waals surface area contributed by atoms with E-state index in [1.165, 1.54) is 29.1 Å². The van der Waals surface area contributed by atoms with E-state index < -0.39 is 4.92 Å². The number of carbonyl (C=O) groups excluding carboxylic acids is 1. The number of hydrogen-bond donors (Lipinski definition) is 1. The summed E-state index contributed by atoms with van der Waals surface area (Å²) in [4.78, 5) is 23.3. The van der Waals surface area contributed by atoms with Crippen molar-refractivity contribution in [3.63, 3.8) is 0 Å². The number of carbonyl (C=O) groups is 1. The van der Waals surface area contributed by atoms with Crippen molar-refractivity contribution in [1.82, 2.24) is 20.2 Å². The van der Waals surface area contributed by atoms with Crippen molar-refractivity contribution in [2.45, 2.75) is 6.54 Å². The summed E-state index contributed by atoms with van der Waals surface area (Å²) in [5.74, 6) is 0.0456.